The first kappa shape index (κ1) is 23.4. The highest BCUT2D eigenvalue weighted by Crippen LogP contribution is 2.31. The number of nitrogens with zero attached hydrogens (tertiary/aromatic N) is 1. The summed E-state index contributed by atoms with van der Waals surface area (Å²) in [5.74, 6) is 1.06. The van der Waals surface area contributed by atoms with Crippen molar-refractivity contribution in [2.45, 2.75) is 45.1 Å². The minimum absolute atomic E-state index is 0.105. The molecule has 0 aliphatic carbocycles. The minimum atomic E-state index is -0.267. The van der Waals surface area contributed by atoms with Crippen molar-refractivity contribution >= 4 is 23.2 Å². The molecule has 0 radical (unpaired) electrons. The molecule has 0 saturated carbocycles. The van der Waals surface area contributed by atoms with Gasteiger partial charge in [0, 0.05) is 43.3 Å². The molecule has 3 rings (SSSR count). The maximum Gasteiger partial charge on any atom is 0.226 e. The molecule has 0 spiro atoms. The number of methoxy groups -OCH3 is 2. The lowest BCUT2D eigenvalue weighted by molar-refractivity contribution is -0.122. The molecule has 1 aliphatic rings. The molecule has 7 nitrogen and oxygen atoms in total. The number of para-hydroxylation sites is 1. The quantitative estimate of drug-likeness (QED) is 0.589. The van der Waals surface area contributed by atoms with Gasteiger partial charge in [-0.15, -0.1) is 0 Å². The molecule has 1 fully saturated rings. The highest BCUT2D eigenvalue weighted by molar-refractivity contribution is 5.92. The largest absolute Gasteiger partial charge is 0.493 e. The van der Waals surface area contributed by atoms with Crippen LogP contribution < -0.4 is 25.0 Å². The Kier molecular flexibility index (Phi) is 8.36. The van der Waals surface area contributed by atoms with Gasteiger partial charge in [0.05, 0.1) is 14.2 Å². The Balaban J connectivity index is 1.46. The van der Waals surface area contributed by atoms with E-state index in [-0.39, 0.29) is 24.3 Å². The molecule has 1 unspecified atom stereocenters. The average Bonchev–Trinajstić information content (AvgIpc) is 3.32. The van der Waals surface area contributed by atoms with E-state index in [1.165, 1.54) is 12.8 Å². The molecule has 7 heteroatoms. The fourth-order valence-corrected chi connectivity index (χ4v) is 4.04. The maximum absolute atomic E-state index is 12.5. The van der Waals surface area contributed by atoms with Gasteiger partial charge in [0.2, 0.25) is 11.8 Å². The lowest BCUT2D eigenvalue weighted by atomic mass is 10.1. The van der Waals surface area contributed by atoms with Crippen LogP contribution in [-0.2, 0) is 16.0 Å². The topological polar surface area (TPSA) is 79.9 Å². The summed E-state index contributed by atoms with van der Waals surface area (Å²) in [6.45, 7) is 3.95. The number of hydrogen-bond donors (Lipinski definition) is 2. The number of benzene rings is 2. The molecule has 1 atom stereocenters. The van der Waals surface area contributed by atoms with E-state index in [4.69, 9.17) is 9.47 Å². The molecule has 1 heterocycles. The van der Waals surface area contributed by atoms with Gasteiger partial charge in [-0.3, -0.25) is 9.59 Å². The maximum atomic E-state index is 12.5. The van der Waals surface area contributed by atoms with E-state index in [1.54, 1.807) is 14.2 Å². The Morgan fingerprint density at radius 1 is 1.03 bits per heavy atom. The number of amides is 2. The highest BCUT2D eigenvalue weighted by Gasteiger charge is 2.16. The number of rotatable bonds is 10. The van der Waals surface area contributed by atoms with E-state index in [0.29, 0.717) is 24.3 Å². The van der Waals surface area contributed by atoms with Gasteiger partial charge in [0.15, 0.2) is 11.5 Å². The van der Waals surface area contributed by atoms with Crippen molar-refractivity contribution in [3.63, 3.8) is 0 Å². The second-order valence-corrected chi connectivity index (χ2v) is 8.12. The first-order valence-electron chi connectivity index (χ1n) is 11.1. The second kappa shape index (κ2) is 11.4. The third kappa shape index (κ3) is 6.39. The minimum Gasteiger partial charge on any atom is -0.493 e. The van der Waals surface area contributed by atoms with Crippen molar-refractivity contribution in [2.24, 2.45) is 0 Å². The highest BCUT2D eigenvalue weighted by atomic mass is 16.5. The zero-order valence-corrected chi connectivity index (χ0v) is 19.1. The third-order valence-electron chi connectivity index (χ3n) is 5.61. The molecule has 2 aromatic carbocycles. The lowest BCUT2D eigenvalue weighted by Crippen LogP contribution is -2.35. The molecule has 0 aromatic heterocycles. The number of aryl methyl sites for hydroxylation is 1. The Bertz CT molecular complexity index is 925. The van der Waals surface area contributed by atoms with Gasteiger partial charge in [-0.25, -0.2) is 0 Å². The summed E-state index contributed by atoms with van der Waals surface area (Å²) >= 11 is 0. The predicted molar refractivity (Wildman–Crippen MR) is 127 cm³/mol. The Morgan fingerprint density at radius 2 is 1.78 bits per heavy atom. The zero-order valence-electron chi connectivity index (χ0n) is 19.1. The number of ether oxygens (including phenoxy) is 2. The second-order valence-electron chi connectivity index (χ2n) is 8.12. The van der Waals surface area contributed by atoms with Crippen LogP contribution in [0.2, 0.25) is 0 Å². The van der Waals surface area contributed by atoms with Crippen molar-refractivity contribution < 1.29 is 19.1 Å². The summed E-state index contributed by atoms with van der Waals surface area (Å²) in [5.41, 5.74) is 2.82. The SMILES string of the molecule is COc1cccc(CCC(=O)NC(C)CC(=O)Nc2cccc(N3CCCC3)c2)c1OC. The zero-order chi connectivity index (χ0) is 22.9. The molecule has 172 valence electrons. The van der Waals surface area contributed by atoms with Crippen molar-refractivity contribution in [2.75, 3.05) is 37.5 Å². The number of carbonyl (C=O) groups is 2. The standard InChI is InChI=1S/C25H33N3O4/c1-18(26-23(29)13-12-19-8-6-11-22(31-2)25(19)32-3)16-24(30)27-20-9-7-10-21(17-20)28-14-4-5-15-28/h6-11,17-18H,4-5,12-16H2,1-3H3,(H,26,29)(H,27,30). The fourth-order valence-electron chi connectivity index (χ4n) is 4.04. The third-order valence-corrected chi connectivity index (χ3v) is 5.61. The van der Waals surface area contributed by atoms with Crippen LogP contribution in [-0.4, -0.2) is 45.2 Å². The summed E-state index contributed by atoms with van der Waals surface area (Å²) in [4.78, 5) is 27.2. The van der Waals surface area contributed by atoms with Crippen LogP contribution in [0.25, 0.3) is 0 Å². The van der Waals surface area contributed by atoms with Crippen LogP contribution in [0.15, 0.2) is 42.5 Å². The van der Waals surface area contributed by atoms with Crippen molar-refractivity contribution in [1.82, 2.24) is 5.32 Å². The van der Waals surface area contributed by atoms with E-state index >= 15 is 0 Å². The smallest absolute Gasteiger partial charge is 0.226 e. The van der Waals surface area contributed by atoms with Crippen LogP contribution in [0.5, 0.6) is 11.5 Å². The number of nitrogens with one attached hydrogen (secondary N) is 2. The Hall–Kier alpha value is -3.22. The molecule has 0 bridgehead atoms. The Morgan fingerprint density at radius 3 is 2.50 bits per heavy atom. The lowest BCUT2D eigenvalue weighted by Gasteiger charge is -2.19. The average molecular weight is 440 g/mol. The summed E-state index contributed by atoms with van der Waals surface area (Å²) in [6, 6.07) is 13.3. The number of anilines is 2. The van der Waals surface area contributed by atoms with E-state index < -0.39 is 0 Å². The molecule has 2 N–H and O–H groups in total. The Labute approximate surface area is 190 Å². The normalized spacial score (nSPS) is 14.0. The van der Waals surface area contributed by atoms with Gasteiger partial charge in [0.25, 0.3) is 0 Å². The van der Waals surface area contributed by atoms with Crippen LogP contribution >= 0.6 is 0 Å². The summed E-state index contributed by atoms with van der Waals surface area (Å²) in [7, 11) is 3.17. The molecule has 2 aromatic rings. The number of carbonyl (C=O) groups excluding carboxylic acids is 2. The van der Waals surface area contributed by atoms with Crippen molar-refractivity contribution in [3.8, 4) is 11.5 Å². The fraction of sp³-hybridized carbons (Fsp3) is 0.440. The van der Waals surface area contributed by atoms with Gasteiger partial charge in [-0.2, -0.15) is 0 Å². The first-order valence-corrected chi connectivity index (χ1v) is 11.1. The predicted octanol–water partition coefficient (Wildman–Crippen LogP) is 3.77. The van der Waals surface area contributed by atoms with Crippen LogP contribution in [0.3, 0.4) is 0 Å². The van der Waals surface area contributed by atoms with Crippen LogP contribution in [0.1, 0.15) is 38.2 Å². The monoisotopic (exact) mass is 439 g/mol. The van der Waals surface area contributed by atoms with Gasteiger partial charge in [-0.1, -0.05) is 18.2 Å². The number of hydrogen-bond acceptors (Lipinski definition) is 5. The van der Waals surface area contributed by atoms with Gasteiger partial charge in [0.1, 0.15) is 0 Å². The van der Waals surface area contributed by atoms with E-state index in [9.17, 15) is 9.59 Å². The summed E-state index contributed by atoms with van der Waals surface area (Å²) in [5, 5.41) is 5.86. The molecular weight excluding hydrogens is 406 g/mol. The van der Waals surface area contributed by atoms with Crippen LogP contribution in [0.4, 0.5) is 11.4 Å². The van der Waals surface area contributed by atoms with Gasteiger partial charge < -0.3 is 25.0 Å². The summed E-state index contributed by atoms with van der Waals surface area (Å²) in [6.07, 6.45) is 3.45. The molecular formula is C25H33N3O4. The van der Waals surface area contributed by atoms with Crippen LogP contribution in [0, 0.1) is 0 Å². The molecule has 2 amide bonds. The van der Waals surface area contributed by atoms with Crippen molar-refractivity contribution in [3.05, 3.63) is 48.0 Å². The van der Waals surface area contributed by atoms with E-state index in [1.807, 2.05) is 43.3 Å². The van der Waals surface area contributed by atoms with E-state index in [0.717, 1.165) is 30.0 Å². The first-order chi connectivity index (χ1) is 15.5. The molecule has 32 heavy (non-hydrogen) atoms. The van der Waals surface area contributed by atoms with Gasteiger partial charge in [-0.05, 0) is 56.0 Å². The summed E-state index contributed by atoms with van der Waals surface area (Å²) < 4.78 is 10.7. The van der Waals surface area contributed by atoms with Gasteiger partial charge >= 0.3 is 0 Å². The van der Waals surface area contributed by atoms with Crippen molar-refractivity contribution in [1.29, 1.82) is 0 Å². The molecule has 1 aliphatic heterocycles. The van der Waals surface area contributed by atoms with E-state index in [2.05, 4.69) is 21.6 Å². The molecule has 1 saturated heterocycles.